The first-order valence-electron chi connectivity index (χ1n) is 5.73. The molecule has 1 aliphatic heterocycles. The van der Waals surface area contributed by atoms with Crippen LogP contribution in [-0.4, -0.2) is 29.4 Å². The molecule has 2 rings (SSSR count). The van der Waals surface area contributed by atoms with Crippen molar-refractivity contribution in [3.05, 3.63) is 29.3 Å². The van der Waals surface area contributed by atoms with Crippen molar-refractivity contribution in [2.45, 2.75) is 13.3 Å². The quantitative estimate of drug-likeness (QED) is 0.855. The van der Waals surface area contributed by atoms with Crippen LogP contribution in [0.4, 0.5) is 5.69 Å². The number of anilines is 1. The van der Waals surface area contributed by atoms with E-state index in [4.69, 9.17) is 16.7 Å². The Labute approximate surface area is 110 Å². The Balaban J connectivity index is 2.35. The largest absolute Gasteiger partial charge is 0.478 e. The zero-order valence-electron chi connectivity index (χ0n) is 10.0. The monoisotopic (exact) mass is 267 g/mol. The fourth-order valence-corrected chi connectivity index (χ4v) is 2.36. The highest BCUT2D eigenvalue weighted by Gasteiger charge is 2.31. The van der Waals surface area contributed by atoms with Crippen molar-refractivity contribution < 1.29 is 14.7 Å². The molecule has 96 valence electrons. The summed E-state index contributed by atoms with van der Waals surface area (Å²) in [6.45, 7) is 2.43. The number of carbonyl (C=O) groups excluding carboxylic acids is 1. The standard InChI is InChI=1S/C13H14ClNO3/c1-8-2-3-10(13(17)18)5-11(8)15-7-9(6-14)4-12(15)16/h2-3,5,9H,4,6-7H2,1H3,(H,17,18). The van der Waals surface area contributed by atoms with Crippen molar-refractivity contribution in [3.63, 3.8) is 0 Å². The second kappa shape index (κ2) is 4.98. The molecule has 0 bridgehead atoms. The van der Waals surface area contributed by atoms with Gasteiger partial charge in [0.25, 0.3) is 0 Å². The first-order chi connectivity index (χ1) is 8.52. The van der Waals surface area contributed by atoms with Crippen LogP contribution < -0.4 is 4.90 Å². The molecule has 1 fully saturated rings. The van der Waals surface area contributed by atoms with Crippen LogP contribution in [0.5, 0.6) is 0 Å². The summed E-state index contributed by atoms with van der Waals surface area (Å²) in [6.07, 6.45) is 0.431. The molecular weight excluding hydrogens is 254 g/mol. The topological polar surface area (TPSA) is 57.6 Å². The predicted molar refractivity (Wildman–Crippen MR) is 69.3 cm³/mol. The maximum atomic E-state index is 11.9. The third kappa shape index (κ3) is 2.34. The Hall–Kier alpha value is -1.55. The third-order valence-electron chi connectivity index (χ3n) is 3.17. The number of benzene rings is 1. The Morgan fingerprint density at radius 2 is 2.28 bits per heavy atom. The molecule has 0 aliphatic carbocycles. The summed E-state index contributed by atoms with van der Waals surface area (Å²) in [5.41, 5.74) is 1.76. The van der Waals surface area contributed by atoms with E-state index in [1.54, 1.807) is 23.1 Å². The summed E-state index contributed by atoms with van der Waals surface area (Å²) in [5, 5.41) is 8.98. The van der Waals surface area contributed by atoms with Gasteiger partial charge in [0.15, 0.2) is 0 Å². The predicted octanol–water partition coefficient (Wildman–Crippen LogP) is 2.28. The molecule has 1 aromatic rings. The van der Waals surface area contributed by atoms with Gasteiger partial charge in [-0.25, -0.2) is 4.79 Å². The summed E-state index contributed by atoms with van der Waals surface area (Å²) in [5.74, 6) is -0.393. The van der Waals surface area contributed by atoms with Crippen LogP contribution in [0.2, 0.25) is 0 Å². The molecule has 1 unspecified atom stereocenters. The number of hydrogen-bond acceptors (Lipinski definition) is 2. The zero-order chi connectivity index (χ0) is 13.3. The Bertz CT molecular complexity index is 501. The van der Waals surface area contributed by atoms with Crippen molar-refractivity contribution in [1.82, 2.24) is 0 Å². The van der Waals surface area contributed by atoms with E-state index in [0.29, 0.717) is 24.5 Å². The van der Waals surface area contributed by atoms with E-state index in [1.165, 1.54) is 0 Å². The van der Waals surface area contributed by atoms with E-state index in [9.17, 15) is 9.59 Å². The van der Waals surface area contributed by atoms with Gasteiger partial charge in [-0.15, -0.1) is 11.6 Å². The second-order valence-corrected chi connectivity index (χ2v) is 4.84. The lowest BCUT2D eigenvalue weighted by Crippen LogP contribution is -2.25. The highest BCUT2D eigenvalue weighted by atomic mass is 35.5. The van der Waals surface area contributed by atoms with Gasteiger partial charge in [0.2, 0.25) is 5.91 Å². The minimum atomic E-state index is -0.989. The fraction of sp³-hybridized carbons (Fsp3) is 0.385. The van der Waals surface area contributed by atoms with Gasteiger partial charge < -0.3 is 10.0 Å². The van der Waals surface area contributed by atoms with Crippen LogP contribution in [-0.2, 0) is 4.79 Å². The Kier molecular flexibility index (Phi) is 3.57. The normalized spacial score (nSPS) is 19.3. The highest BCUT2D eigenvalue weighted by molar-refractivity contribution is 6.18. The Morgan fingerprint density at radius 1 is 1.56 bits per heavy atom. The number of carboxylic acids is 1. The first-order valence-corrected chi connectivity index (χ1v) is 6.26. The van der Waals surface area contributed by atoms with Crippen molar-refractivity contribution in [2.75, 3.05) is 17.3 Å². The van der Waals surface area contributed by atoms with Crippen LogP contribution in [0.15, 0.2) is 18.2 Å². The minimum absolute atomic E-state index is 0.00582. The van der Waals surface area contributed by atoms with Crippen molar-refractivity contribution in [3.8, 4) is 0 Å². The first kappa shape index (κ1) is 12.9. The van der Waals surface area contributed by atoms with E-state index in [0.717, 1.165) is 5.56 Å². The Morgan fingerprint density at radius 3 is 2.83 bits per heavy atom. The third-order valence-corrected chi connectivity index (χ3v) is 3.61. The van der Waals surface area contributed by atoms with Gasteiger partial charge in [-0.1, -0.05) is 6.07 Å². The number of halogens is 1. The van der Waals surface area contributed by atoms with Crippen LogP contribution in [0, 0.1) is 12.8 Å². The van der Waals surface area contributed by atoms with Gasteiger partial charge in [0.1, 0.15) is 0 Å². The number of amides is 1. The number of carbonyl (C=O) groups is 2. The molecule has 5 heteroatoms. The van der Waals surface area contributed by atoms with Gasteiger partial charge in [0, 0.05) is 24.5 Å². The number of aryl methyl sites for hydroxylation is 1. The molecule has 0 saturated carbocycles. The maximum Gasteiger partial charge on any atom is 0.335 e. The molecule has 18 heavy (non-hydrogen) atoms. The molecule has 1 saturated heterocycles. The van der Waals surface area contributed by atoms with Gasteiger partial charge in [-0.05, 0) is 30.5 Å². The van der Waals surface area contributed by atoms with Crippen LogP contribution >= 0.6 is 11.6 Å². The summed E-state index contributed by atoms with van der Waals surface area (Å²) >= 11 is 5.77. The number of carboxylic acid groups (broad SMARTS) is 1. The van der Waals surface area contributed by atoms with Crippen LogP contribution in [0.1, 0.15) is 22.3 Å². The molecule has 1 aromatic carbocycles. The lowest BCUT2D eigenvalue weighted by Gasteiger charge is -2.19. The number of alkyl halides is 1. The van der Waals surface area contributed by atoms with Gasteiger partial charge in [-0.2, -0.15) is 0 Å². The number of aromatic carboxylic acids is 1. The zero-order valence-corrected chi connectivity index (χ0v) is 10.8. The SMILES string of the molecule is Cc1ccc(C(=O)O)cc1N1CC(CCl)CC1=O. The van der Waals surface area contributed by atoms with E-state index < -0.39 is 5.97 Å². The fourth-order valence-electron chi connectivity index (χ4n) is 2.15. The van der Waals surface area contributed by atoms with E-state index in [2.05, 4.69) is 0 Å². The van der Waals surface area contributed by atoms with E-state index >= 15 is 0 Å². The van der Waals surface area contributed by atoms with Crippen LogP contribution in [0.3, 0.4) is 0 Å². The van der Waals surface area contributed by atoms with Gasteiger partial charge in [0.05, 0.1) is 5.56 Å². The van der Waals surface area contributed by atoms with Crippen molar-refractivity contribution >= 4 is 29.2 Å². The summed E-state index contributed by atoms with van der Waals surface area (Å²) < 4.78 is 0. The number of rotatable bonds is 3. The average molecular weight is 268 g/mol. The highest BCUT2D eigenvalue weighted by Crippen LogP contribution is 2.29. The van der Waals surface area contributed by atoms with Gasteiger partial charge >= 0.3 is 5.97 Å². The molecule has 0 aromatic heterocycles. The molecule has 1 amide bonds. The average Bonchev–Trinajstić information content (AvgIpc) is 2.71. The molecule has 0 radical (unpaired) electrons. The maximum absolute atomic E-state index is 11.9. The summed E-state index contributed by atoms with van der Waals surface area (Å²) in [6, 6.07) is 4.81. The van der Waals surface area contributed by atoms with E-state index in [1.807, 2.05) is 6.92 Å². The molecule has 1 heterocycles. The summed E-state index contributed by atoms with van der Waals surface area (Å²) in [7, 11) is 0. The van der Waals surface area contributed by atoms with Crippen molar-refractivity contribution in [1.29, 1.82) is 0 Å². The lowest BCUT2D eigenvalue weighted by atomic mass is 10.1. The van der Waals surface area contributed by atoms with E-state index in [-0.39, 0.29) is 17.4 Å². The number of nitrogens with zero attached hydrogens (tertiary/aromatic N) is 1. The second-order valence-electron chi connectivity index (χ2n) is 4.54. The molecule has 1 aliphatic rings. The molecule has 1 N–H and O–H groups in total. The molecule has 1 atom stereocenters. The molecule has 4 nitrogen and oxygen atoms in total. The number of hydrogen-bond donors (Lipinski definition) is 1. The summed E-state index contributed by atoms with van der Waals surface area (Å²) in [4.78, 5) is 24.5. The smallest absolute Gasteiger partial charge is 0.335 e. The van der Waals surface area contributed by atoms with Gasteiger partial charge in [-0.3, -0.25) is 4.79 Å². The lowest BCUT2D eigenvalue weighted by molar-refractivity contribution is -0.117. The van der Waals surface area contributed by atoms with Crippen molar-refractivity contribution in [2.24, 2.45) is 5.92 Å². The molecule has 0 spiro atoms. The minimum Gasteiger partial charge on any atom is -0.478 e. The molecular formula is C13H14ClNO3. The van der Waals surface area contributed by atoms with Crippen LogP contribution in [0.25, 0.3) is 0 Å².